The van der Waals surface area contributed by atoms with E-state index in [1.54, 1.807) is 0 Å². The van der Waals surface area contributed by atoms with Gasteiger partial charge in [0.05, 0.1) is 4.47 Å². The van der Waals surface area contributed by atoms with Crippen molar-refractivity contribution in [3.8, 4) is 0 Å². The molecule has 0 saturated carbocycles. The monoisotopic (exact) mass is 346 g/mol. The van der Waals surface area contributed by atoms with Crippen LogP contribution in [0.15, 0.2) is 16.6 Å². The van der Waals surface area contributed by atoms with Gasteiger partial charge in [-0.25, -0.2) is 8.78 Å². The number of benzene rings is 1. The smallest absolute Gasteiger partial charge is 0.145 e. The van der Waals surface area contributed by atoms with Gasteiger partial charge in [-0.15, -0.1) is 0 Å². The van der Waals surface area contributed by atoms with Crippen molar-refractivity contribution < 1.29 is 8.78 Å². The van der Waals surface area contributed by atoms with Crippen molar-refractivity contribution >= 4 is 15.9 Å². The molecule has 1 saturated heterocycles. The highest BCUT2D eigenvalue weighted by Gasteiger charge is 2.28. The third-order valence-corrected chi connectivity index (χ3v) is 4.31. The van der Waals surface area contributed by atoms with Crippen molar-refractivity contribution in [1.82, 2.24) is 10.2 Å². The summed E-state index contributed by atoms with van der Waals surface area (Å²) >= 11 is 3.17. The fraction of sp³-hybridized carbons (Fsp3) is 0.600. The molecule has 0 aromatic heterocycles. The van der Waals surface area contributed by atoms with Crippen LogP contribution in [0.1, 0.15) is 31.9 Å². The Morgan fingerprint density at radius 2 is 1.90 bits per heavy atom. The summed E-state index contributed by atoms with van der Waals surface area (Å²) in [5.41, 5.74) is 0.204. The summed E-state index contributed by atoms with van der Waals surface area (Å²) in [7, 11) is 0. The molecule has 1 aromatic carbocycles. The van der Waals surface area contributed by atoms with E-state index in [2.05, 4.69) is 40.0 Å². The maximum atomic E-state index is 14.4. The van der Waals surface area contributed by atoms with Gasteiger partial charge in [0.2, 0.25) is 0 Å². The maximum Gasteiger partial charge on any atom is 0.145 e. The lowest BCUT2D eigenvalue weighted by Crippen LogP contribution is -2.45. The zero-order valence-corrected chi connectivity index (χ0v) is 13.5. The molecule has 1 aromatic rings. The Bertz CT molecular complexity index is 459. The van der Waals surface area contributed by atoms with Crippen LogP contribution in [-0.2, 0) is 0 Å². The molecule has 0 unspecified atom stereocenters. The number of hydrogen-bond acceptors (Lipinski definition) is 2. The molecule has 0 aliphatic carbocycles. The van der Waals surface area contributed by atoms with Crippen LogP contribution in [0.3, 0.4) is 0 Å². The largest absolute Gasteiger partial charge is 0.314 e. The summed E-state index contributed by atoms with van der Waals surface area (Å²) in [5, 5.41) is 3.28. The van der Waals surface area contributed by atoms with Gasteiger partial charge in [0.1, 0.15) is 11.6 Å². The van der Waals surface area contributed by atoms with Crippen molar-refractivity contribution in [2.24, 2.45) is 5.92 Å². The molecule has 0 amide bonds. The van der Waals surface area contributed by atoms with E-state index in [1.165, 1.54) is 12.1 Å². The van der Waals surface area contributed by atoms with E-state index in [-0.39, 0.29) is 11.6 Å². The van der Waals surface area contributed by atoms with Crippen molar-refractivity contribution in [2.75, 3.05) is 26.2 Å². The summed E-state index contributed by atoms with van der Waals surface area (Å²) in [4.78, 5) is 2.18. The summed E-state index contributed by atoms with van der Waals surface area (Å²) in [6.45, 7) is 7.55. The Kier molecular flexibility index (Phi) is 5.52. The summed E-state index contributed by atoms with van der Waals surface area (Å²) < 4.78 is 28.9. The first-order chi connectivity index (χ1) is 9.50. The molecule has 2 nitrogen and oxygen atoms in total. The van der Waals surface area contributed by atoms with Gasteiger partial charge < -0.3 is 5.32 Å². The Labute approximate surface area is 127 Å². The van der Waals surface area contributed by atoms with Gasteiger partial charge in [0.25, 0.3) is 0 Å². The first-order valence-corrected chi connectivity index (χ1v) is 7.88. The molecule has 5 heteroatoms. The summed E-state index contributed by atoms with van der Waals surface area (Å²) in [5.74, 6) is -0.531. The lowest BCUT2D eigenvalue weighted by atomic mass is 9.94. The highest BCUT2D eigenvalue weighted by molar-refractivity contribution is 9.10. The lowest BCUT2D eigenvalue weighted by Gasteiger charge is -2.36. The van der Waals surface area contributed by atoms with E-state index >= 15 is 0 Å². The predicted octanol–water partition coefficient (Wildman–Crippen LogP) is 3.72. The molecule has 1 heterocycles. The van der Waals surface area contributed by atoms with E-state index in [4.69, 9.17) is 0 Å². The van der Waals surface area contributed by atoms with Crippen molar-refractivity contribution in [2.45, 2.75) is 26.3 Å². The van der Waals surface area contributed by atoms with Gasteiger partial charge in [-0.3, -0.25) is 4.90 Å². The second-order valence-corrected chi connectivity index (χ2v) is 6.54. The van der Waals surface area contributed by atoms with Crippen molar-refractivity contribution in [1.29, 1.82) is 0 Å². The molecule has 1 aliphatic heterocycles. The second kappa shape index (κ2) is 6.96. The topological polar surface area (TPSA) is 15.3 Å². The van der Waals surface area contributed by atoms with E-state index < -0.39 is 11.6 Å². The normalized spacial score (nSPS) is 18.5. The number of rotatable bonds is 4. The van der Waals surface area contributed by atoms with Crippen LogP contribution in [-0.4, -0.2) is 31.1 Å². The fourth-order valence-corrected chi connectivity index (χ4v) is 3.08. The molecule has 0 bridgehead atoms. The zero-order valence-electron chi connectivity index (χ0n) is 11.9. The zero-order chi connectivity index (χ0) is 14.7. The van der Waals surface area contributed by atoms with Crippen LogP contribution in [0.2, 0.25) is 0 Å². The van der Waals surface area contributed by atoms with Crippen LogP contribution >= 0.6 is 15.9 Å². The van der Waals surface area contributed by atoms with Gasteiger partial charge in [0.15, 0.2) is 0 Å². The molecule has 112 valence electrons. The van der Waals surface area contributed by atoms with E-state index in [1.807, 2.05) is 0 Å². The number of nitrogens with zero attached hydrogens (tertiary/aromatic N) is 1. The van der Waals surface area contributed by atoms with Gasteiger partial charge in [0, 0.05) is 37.8 Å². The highest BCUT2D eigenvalue weighted by Crippen LogP contribution is 2.34. The SMILES string of the molecule is CC(C)C[C@@H](c1c(F)ccc(Br)c1F)N1CCNCC1. The van der Waals surface area contributed by atoms with E-state index in [0.29, 0.717) is 10.4 Å². The minimum Gasteiger partial charge on any atom is -0.314 e. The van der Waals surface area contributed by atoms with Crippen molar-refractivity contribution in [3.63, 3.8) is 0 Å². The van der Waals surface area contributed by atoms with E-state index in [9.17, 15) is 8.78 Å². The summed E-state index contributed by atoms with van der Waals surface area (Å²) in [6, 6.07) is 2.57. The maximum absolute atomic E-state index is 14.4. The average Bonchev–Trinajstić information content (AvgIpc) is 2.43. The molecule has 1 atom stereocenters. The van der Waals surface area contributed by atoms with Gasteiger partial charge >= 0.3 is 0 Å². The van der Waals surface area contributed by atoms with Crippen LogP contribution in [0.25, 0.3) is 0 Å². The third kappa shape index (κ3) is 3.57. The minimum atomic E-state index is -0.464. The molecular weight excluding hydrogens is 326 g/mol. The number of nitrogens with one attached hydrogen (secondary N) is 1. The molecule has 2 rings (SSSR count). The molecule has 1 fully saturated rings. The average molecular weight is 347 g/mol. The van der Waals surface area contributed by atoms with Crippen LogP contribution in [0.4, 0.5) is 8.78 Å². The molecule has 0 spiro atoms. The van der Waals surface area contributed by atoms with Crippen LogP contribution in [0, 0.1) is 17.6 Å². The number of halogens is 3. The Morgan fingerprint density at radius 1 is 1.25 bits per heavy atom. The Morgan fingerprint density at radius 3 is 2.50 bits per heavy atom. The fourth-order valence-electron chi connectivity index (χ4n) is 2.74. The predicted molar refractivity (Wildman–Crippen MR) is 80.7 cm³/mol. The minimum absolute atomic E-state index is 0.199. The second-order valence-electron chi connectivity index (χ2n) is 5.69. The molecular formula is C15H21BrF2N2. The third-order valence-electron chi connectivity index (χ3n) is 3.70. The first kappa shape index (κ1) is 15.9. The number of piperazine rings is 1. The van der Waals surface area contributed by atoms with Crippen molar-refractivity contribution in [3.05, 3.63) is 33.8 Å². The first-order valence-electron chi connectivity index (χ1n) is 7.09. The van der Waals surface area contributed by atoms with Gasteiger partial charge in [-0.2, -0.15) is 0 Å². The molecule has 1 N–H and O–H groups in total. The Hall–Kier alpha value is -0.520. The molecule has 20 heavy (non-hydrogen) atoms. The standard InChI is InChI=1S/C15H21BrF2N2/c1-10(2)9-13(20-7-5-19-6-8-20)14-12(17)4-3-11(16)15(14)18/h3-4,10,13,19H,5-9H2,1-2H3/t13-/m0/s1. The van der Waals surface area contributed by atoms with Crippen LogP contribution < -0.4 is 5.32 Å². The van der Waals surface area contributed by atoms with E-state index in [0.717, 1.165) is 32.6 Å². The molecule has 1 aliphatic rings. The molecule has 0 radical (unpaired) electrons. The van der Waals surface area contributed by atoms with Crippen LogP contribution in [0.5, 0.6) is 0 Å². The Balaban J connectivity index is 2.37. The quantitative estimate of drug-likeness (QED) is 0.836. The number of hydrogen-bond donors (Lipinski definition) is 1. The van der Waals surface area contributed by atoms with Gasteiger partial charge in [-0.1, -0.05) is 13.8 Å². The van der Waals surface area contributed by atoms with Gasteiger partial charge in [-0.05, 0) is 40.4 Å². The lowest BCUT2D eigenvalue weighted by molar-refractivity contribution is 0.147. The highest BCUT2D eigenvalue weighted by atomic mass is 79.9. The summed E-state index contributed by atoms with van der Waals surface area (Å²) in [6.07, 6.45) is 0.754.